The zero-order valence-corrected chi connectivity index (χ0v) is 14.2. The number of fused-ring (bicyclic) bond motifs is 1. The van der Waals surface area contributed by atoms with Gasteiger partial charge in [0.1, 0.15) is 5.82 Å². The molecule has 0 saturated heterocycles. The Morgan fingerprint density at radius 1 is 1.13 bits per heavy atom. The Morgan fingerprint density at radius 3 is 2.52 bits per heavy atom. The van der Waals surface area contributed by atoms with E-state index in [4.69, 9.17) is 23.2 Å². The van der Waals surface area contributed by atoms with E-state index < -0.39 is 5.82 Å². The molecular formula is C18H14Cl2FNO. The summed E-state index contributed by atoms with van der Waals surface area (Å²) in [5.74, 6) is -0.603. The first-order valence-electron chi connectivity index (χ1n) is 7.23. The van der Waals surface area contributed by atoms with Gasteiger partial charge < -0.3 is 0 Å². The van der Waals surface area contributed by atoms with E-state index in [1.807, 2.05) is 32.0 Å². The minimum absolute atomic E-state index is 0.151. The molecule has 2 aromatic carbocycles. The van der Waals surface area contributed by atoms with Crippen LogP contribution in [-0.4, -0.2) is 4.57 Å². The number of hydrogen-bond donors (Lipinski definition) is 0. The minimum Gasteiger partial charge on any atom is -0.281 e. The lowest BCUT2D eigenvalue weighted by molar-refractivity contribution is 0.630. The van der Waals surface area contributed by atoms with Crippen LogP contribution in [0.4, 0.5) is 4.39 Å². The average Bonchev–Trinajstić information content (AvgIpc) is 2.53. The van der Waals surface area contributed by atoms with E-state index >= 15 is 0 Å². The number of aromatic nitrogens is 1. The van der Waals surface area contributed by atoms with Gasteiger partial charge in [-0.05, 0) is 48.6 Å². The Labute approximate surface area is 143 Å². The molecule has 3 aromatic rings. The molecule has 0 aliphatic heterocycles. The highest BCUT2D eigenvalue weighted by molar-refractivity contribution is 6.35. The molecule has 118 valence electrons. The molecule has 0 amide bonds. The van der Waals surface area contributed by atoms with Gasteiger partial charge in [0, 0.05) is 10.7 Å². The first-order chi connectivity index (χ1) is 10.9. The molecule has 0 aliphatic carbocycles. The molecule has 2 nitrogen and oxygen atoms in total. The number of hydrogen-bond acceptors (Lipinski definition) is 1. The summed E-state index contributed by atoms with van der Waals surface area (Å²) in [6, 6.07) is 10.1. The fourth-order valence-corrected chi connectivity index (χ4v) is 3.08. The molecule has 1 aromatic heterocycles. The quantitative estimate of drug-likeness (QED) is 0.614. The highest BCUT2D eigenvalue weighted by atomic mass is 35.5. The van der Waals surface area contributed by atoms with Crippen LogP contribution in [0.1, 0.15) is 18.2 Å². The average molecular weight is 350 g/mol. The summed E-state index contributed by atoms with van der Waals surface area (Å²) in [5, 5.41) is 1.23. The van der Waals surface area contributed by atoms with E-state index in [0.717, 1.165) is 11.3 Å². The summed E-state index contributed by atoms with van der Waals surface area (Å²) in [5.41, 5.74) is 2.03. The van der Waals surface area contributed by atoms with Gasteiger partial charge in [-0.1, -0.05) is 42.3 Å². The first kappa shape index (κ1) is 16.0. The summed E-state index contributed by atoms with van der Waals surface area (Å²) < 4.78 is 15.3. The van der Waals surface area contributed by atoms with Gasteiger partial charge in [0.2, 0.25) is 0 Å². The van der Waals surface area contributed by atoms with Gasteiger partial charge in [0.05, 0.1) is 16.1 Å². The maximum atomic E-state index is 13.8. The topological polar surface area (TPSA) is 22.0 Å². The van der Waals surface area contributed by atoms with Crippen molar-refractivity contribution >= 4 is 34.0 Å². The monoisotopic (exact) mass is 349 g/mol. The van der Waals surface area contributed by atoms with Crippen molar-refractivity contribution in [3.05, 3.63) is 73.9 Å². The highest BCUT2D eigenvalue weighted by Crippen LogP contribution is 2.26. The second kappa shape index (κ2) is 5.99. The lowest BCUT2D eigenvalue weighted by Gasteiger charge is -2.15. The first-order valence-corrected chi connectivity index (χ1v) is 7.98. The van der Waals surface area contributed by atoms with E-state index in [9.17, 15) is 9.18 Å². The fourth-order valence-electron chi connectivity index (χ4n) is 2.65. The van der Waals surface area contributed by atoms with Gasteiger partial charge in [0.15, 0.2) is 0 Å². The van der Waals surface area contributed by atoms with E-state index in [0.29, 0.717) is 22.5 Å². The Bertz CT molecular complexity index is 979. The maximum Gasteiger partial charge on any atom is 0.264 e. The molecule has 23 heavy (non-hydrogen) atoms. The van der Waals surface area contributed by atoms with Crippen LogP contribution in [0.3, 0.4) is 0 Å². The second-order valence-corrected chi connectivity index (χ2v) is 6.17. The van der Waals surface area contributed by atoms with Crippen LogP contribution in [0, 0.1) is 12.7 Å². The van der Waals surface area contributed by atoms with Crippen molar-refractivity contribution in [3.8, 4) is 5.69 Å². The maximum absolute atomic E-state index is 13.8. The van der Waals surface area contributed by atoms with Crippen LogP contribution in [0.2, 0.25) is 10.0 Å². The SMILES string of the molecule is CCc1cc2ccc(F)c(Cl)c2c(=O)n1-c1ccc(C)c(Cl)c1. The third-order valence-electron chi connectivity index (χ3n) is 3.93. The van der Waals surface area contributed by atoms with Gasteiger partial charge in [-0.2, -0.15) is 0 Å². The van der Waals surface area contributed by atoms with E-state index in [1.165, 1.54) is 6.07 Å². The molecule has 5 heteroatoms. The Morgan fingerprint density at radius 2 is 1.87 bits per heavy atom. The van der Waals surface area contributed by atoms with Crippen LogP contribution in [-0.2, 0) is 6.42 Å². The molecule has 1 heterocycles. The Kier molecular flexibility index (Phi) is 4.17. The van der Waals surface area contributed by atoms with Crippen molar-refractivity contribution in [2.75, 3.05) is 0 Å². The Hall–Kier alpha value is -1.84. The zero-order valence-electron chi connectivity index (χ0n) is 12.7. The van der Waals surface area contributed by atoms with Crippen LogP contribution < -0.4 is 5.56 Å². The van der Waals surface area contributed by atoms with Crippen molar-refractivity contribution < 1.29 is 4.39 Å². The molecule has 3 rings (SSSR count). The normalized spacial score (nSPS) is 11.2. The number of rotatable bonds is 2. The number of aryl methyl sites for hydroxylation is 2. The number of halogens is 3. The number of nitrogens with zero attached hydrogens (tertiary/aromatic N) is 1. The summed E-state index contributed by atoms with van der Waals surface area (Å²) >= 11 is 12.2. The molecule has 0 radical (unpaired) electrons. The van der Waals surface area contributed by atoms with Crippen molar-refractivity contribution in [2.24, 2.45) is 0 Å². The molecule has 0 aliphatic rings. The van der Waals surface area contributed by atoms with Crippen molar-refractivity contribution in [3.63, 3.8) is 0 Å². The van der Waals surface area contributed by atoms with Gasteiger partial charge in [0.25, 0.3) is 5.56 Å². The van der Waals surface area contributed by atoms with Crippen molar-refractivity contribution in [1.29, 1.82) is 0 Å². The predicted molar refractivity (Wildman–Crippen MR) is 93.6 cm³/mol. The van der Waals surface area contributed by atoms with Gasteiger partial charge in [-0.15, -0.1) is 0 Å². The van der Waals surface area contributed by atoms with Gasteiger partial charge >= 0.3 is 0 Å². The lowest BCUT2D eigenvalue weighted by atomic mass is 10.1. The minimum atomic E-state index is -0.603. The Balaban J connectivity index is 2.43. The largest absolute Gasteiger partial charge is 0.281 e. The third-order valence-corrected chi connectivity index (χ3v) is 4.71. The molecule has 0 unspecified atom stereocenters. The van der Waals surface area contributed by atoms with Gasteiger partial charge in [-0.25, -0.2) is 4.39 Å². The molecule has 0 bridgehead atoms. The second-order valence-electron chi connectivity index (χ2n) is 5.39. The van der Waals surface area contributed by atoms with Crippen LogP contribution >= 0.6 is 23.2 Å². The summed E-state index contributed by atoms with van der Waals surface area (Å²) in [6.45, 7) is 3.85. The van der Waals surface area contributed by atoms with E-state index in [1.54, 1.807) is 16.7 Å². The smallest absolute Gasteiger partial charge is 0.264 e. The van der Waals surface area contributed by atoms with Crippen LogP contribution in [0.25, 0.3) is 16.5 Å². The predicted octanol–water partition coefficient (Wildman–Crippen LogP) is 5.31. The van der Waals surface area contributed by atoms with E-state index in [-0.39, 0.29) is 16.0 Å². The zero-order chi connectivity index (χ0) is 16.7. The summed E-state index contributed by atoms with van der Waals surface area (Å²) in [4.78, 5) is 12.9. The third kappa shape index (κ3) is 2.64. The molecule has 0 saturated carbocycles. The van der Waals surface area contributed by atoms with Gasteiger partial charge in [-0.3, -0.25) is 9.36 Å². The van der Waals surface area contributed by atoms with Crippen LogP contribution in [0.5, 0.6) is 0 Å². The summed E-state index contributed by atoms with van der Waals surface area (Å²) in [6.07, 6.45) is 0.645. The number of pyridine rings is 1. The van der Waals surface area contributed by atoms with Crippen molar-refractivity contribution in [2.45, 2.75) is 20.3 Å². The van der Waals surface area contributed by atoms with E-state index in [2.05, 4.69) is 0 Å². The molecule has 0 spiro atoms. The fraction of sp³-hybridized carbons (Fsp3) is 0.167. The molecule has 0 fully saturated rings. The lowest BCUT2D eigenvalue weighted by Crippen LogP contribution is -2.22. The number of benzene rings is 2. The molecule has 0 atom stereocenters. The standard InChI is InChI=1S/C18H14Cl2FNO/c1-3-12-8-11-5-7-15(21)17(20)16(11)18(23)22(12)13-6-4-10(2)14(19)9-13/h4-9H,3H2,1-2H3. The summed E-state index contributed by atoms with van der Waals surface area (Å²) in [7, 11) is 0. The highest BCUT2D eigenvalue weighted by Gasteiger charge is 2.15. The molecular weight excluding hydrogens is 336 g/mol. The van der Waals surface area contributed by atoms with Crippen molar-refractivity contribution in [1.82, 2.24) is 4.57 Å². The molecule has 0 N–H and O–H groups in total. The van der Waals surface area contributed by atoms with Crippen LogP contribution in [0.15, 0.2) is 41.2 Å².